The van der Waals surface area contributed by atoms with E-state index in [1.807, 2.05) is 0 Å². The molecule has 2 aromatic carbocycles. The van der Waals surface area contributed by atoms with E-state index in [2.05, 4.69) is 15.4 Å². The standard InChI is InChI=1S/C22H19FN4O2S/c23-16-5-2-1-4-14(16)12-30-22-25-21-24-17-6-3-7-18(29)19(17)20(27(21)26-22)13-8-10-15(28)11-9-13/h1-2,4-5,8-11,20,28H,3,6-7,12H2,(H,24,25,26). The number of hydrogen-bond donors (Lipinski definition) is 2. The average Bonchev–Trinajstić information content (AvgIpc) is 3.15. The third kappa shape index (κ3) is 3.37. The molecule has 6 nitrogen and oxygen atoms in total. The van der Waals surface area contributed by atoms with Crippen LogP contribution < -0.4 is 5.32 Å². The van der Waals surface area contributed by atoms with Crippen molar-refractivity contribution < 1.29 is 14.3 Å². The normalized spacial score (nSPS) is 18.0. The first-order valence-corrected chi connectivity index (χ1v) is 10.7. The number of phenols is 1. The van der Waals surface area contributed by atoms with E-state index in [-0.39, 0.29) is 17.3 Å². The summed E-state index contributed by atoms with van der Waals surface area (Å²) in [5.41, 5.74) is 3.03. The van der Waals surface area contributed by atoms with Crippen LogP contribution in [0, 0.1) is 5.82 Å². The number of ketones is 1. The Morgan fingerprint density at radius 2 is 1.97 bits per heavy atom. The molecule has 152 valence electrons. The van der Waals surface area contributed by atoms with E-state index in [1.54, 1.807) is 47.1 Å². The number of fused-ring (bicyclic) bond motifs is 1. The number of nitrogens with one attached hydrogen (secondary N) is 1. The third-order valence-electron chi connectivity index (χ3n) is 5.37. The zero-order valence-corrected chi connectivity index (χ0v) is 16.8. The lowest BCUT2D eigenvalue weighted by atomic mass is 9.85. The van der Waals surface area contributed by atoms with Gasteiger partial charge >= 0.3 is 0 Å². The van der Waals surface area contributed by atoms with E-state index >= 15 is 0 Å². The van der Waals surface area contributed by atoms with Gasteiger partial charge in [0.15, 0.2) is 5.78 Å². The Labute approximate surface area is 176 Å². The van der Waals surface area contributed by atoms with Gasteiger partial charge in [0.1, 0.15) is 17.6 Å². The fraction of sp³-hybridized carbons (Fsp3) is 0.227. The number of benzene rings is 2. The number of nitrogens with zero attached hydrogens (tertiary/aromatic N) is 3. The van der Waals surface area contributed by atoms with Gasteiger partial charge in [-0.05, 0) is 42.2 Å². The van der Waals surface area contributed by atoms with Gasteiger partial charge in [-0.25, -0.2) is 9.07 Å². The van der Waals surface area contributed by atoms with Crippen LogP contribution in [0.4, 0.5) is 10.3 Å². The molecule has 30 heavy (non-hydrogen) atoms. The Morgan fingerprint density at radius 1 is 1.17 bits per heavy atom. The molecule has 8 heteroatoms. The molecular formula is C22H19FN4O2S. The molecule has 0 bridgehead atoms. The molecule has 0 fully saturated rings. The van der Waals surface area contributed by atoms with Gasteiger partial charge in [0.2, 0.25) is 11.1 Å². The largest absolute Gasteiger partial charge is 0.508 e. The number of thioether (sulfide) groups is 1. The molecule has 3 aromatic rings. The van der Waals surface area contributed by atoms with Crippen molar-refractivity contribution in [2.45, 2.75) is 36.2 Å². The van der Waals surface area contributed by atoms with Gasteiger partial charge in [0.25, 0.3) is 0 Å². The Bertz CT molecular complexity index is 1160. The lowest BCUT2D eigenvalue weighted by Crippen LogP contribution is -2.31. The monoisotopic (exact) mass is 422 g/mol. The number of hydrogen-bond acceptors (Lipinski definition) is 6. The maximum Gasteiger partial charge on any atom is 0.227 e. The van der Waals surface area contributed by atoms with Gasteiger partial charge in [0, 0.05) is 23.4 Å². The lowest BCUT2D eigenvalue weighted by molar-refractivity contribution is -0.116. The fourth-order valence-electron chi connectivity index (χ4n) is 3.92. The molecule has 1 aliphatic carbocycles. The number of aromatic hydroxyl groups is 1. The van der Waals surface area contributed by atoms with Crippen molar-refractivity contribution in [2.75, 3.05) is 5.32 Å². The molecule has 2 heterocycles. The van der Waals surface area contributed by atoms with Gasteiger partial charge < -0.3 is 10.4 Å². The van der Waals surface area contributed by atoms with Crippen molar-refractivity contribution >= 4 is 23.5 Å². The molecular weight excluding hydrogens is 403 g/mol. The number of phenolic OH excluding ortho intramolecular Hbond substituents is 1. The van der Waals surface area contributed by atoms with Crippen molar-refractivity contribution in [2.24, 2.45) is 0 Å². The molecule has 1 aliphatic heterocycles. The molecule has 0 radical (unpaired) electrons. The van der Waals surface area contributed by atoms with E-state index < -0.39 is 6.04 Å². The molecule has 0 spiro atoms. The number of anilines is 1. The molecule has 2 aliphatic rings. The summed E-state index contributed by atoms with van der Waals surface area (Å²) in [5.74, 6) is 0.987. The zero-order valence-electron chi connectivity index (χ0n) is 16.0. The predicted molar refractivity (Wildman–Crippen MR) is 112 cm³/mol. The van der Waals surface area contributed by atoms with E-state index in [0.717, 1.165) is 24.1 Å². The first kappa shape index (κ1) is 18.9. The highest BCUT2D eigenvalue weighted by molar-refractivity contribution is 7.98. The minimum atomic E-state index is -0.403. The average molecular weight is 422 g/mol. The smallest absolute Gasteiger partial charge is 0.227 e. The Morgan fingerprint density at radius 3 is 2.77 bits per heavy atom. The van der Waals surface area contributed by atoms with Crippen LogP contribution in [0.5, 0.6) is 5.75 Å². The van der Waals surface area contributed by atoms with Crippen LogP contribution in [0.1, 0.15) is 36.4 Å². The number of allylic oxidation sites excluding steroid dienone is 2. The Kier molecular flexibility index (Phi) is 4.78. The maximum atomic E-state index is 13.9. The maximum absolute atomic E-state index is 13.9. The molecule has 5 rings (SSSR count). The summed E-state index contributed by atoms with van der Waals surface area (Å²) in [6.45, 7) is 0. The summed E-state index contributed by atoms with van der Waals surface area (Å²) in [4.78, 5) is 17.4. The highest BCUT2D eigenvalue weighted by Crippen LogP contribution is 2.41. The van der Waals surface area contributed by atoms with Gasteiger partial charge in [-0.1, -0.05) is 42.1 Å². The number of rotatable bonds is 4. The topological polar surface area (TPSA) is 80.0 Å². The van der Waals surface area contributed by atoms with Crippen molar-refractivity contribution in [3.05, 3.63) is 76.7 Å². The molecule has 1 aromatic heterocycles. The van der Waals surface area contributed by atoms with Crippen LogP contribution in [-0.4, -0.2) is 25.7 Å². The quantitative estimate of drug-likeness (QED) is 0.605. The number of halogens is 1. The van der Waals surface area contributed by atoms with Gasteiger partial charge in [-0.3, -0.25) is 4.79 Å². The highest BCUT2D eigenvalue weighted by atomic mass is 32.2. The number of aromatic nitrogens is 3. The Hall–Kier alpha value is -3.13. The molecule has 1 unspecified atom stereocenters. The van der Waals surface area contributed by atoms with E-state index in [0.29, 0.717) is 34.4 Å². The first-order valence-electron chi connectivity index (χ1n) is 9.75. The van der Waals surface area contributed by atoms with Crippen molar-refractivity contribution in [1.29, 1.82) is 0 Å². The highest BCUT2D eigenvalue weighted by Gasteiger charge is 2.36. The molecule has 0 saturated heterocycles. The van der Waals surface area contributed by atoms with Crippen LogP contribution in [-0.2, 0) is 10.5 Å². The first-order chi connectivity index (χ1) is 14.6. The third-order valence-corrected chi connectivity index (χ3v) is 6.26. The predicted octanol–water partition coefficient (Wildman–Crippen LogP) is 4.44. The lowest BCUT2D eigenvalue weighted by Gasteiger charge is -2.32. The minimum Gasteiger partial charge on any atom is -0.508 e. The summed E-state index contributed by atoms with van der Waals surface area (Å²) in [7, 11) is 0. The van der Waals surface area contributed by atoms with Gasteiger partial charge in [-0.2, -0.15) is 4.98 Å². The summed E-state index contributed by atoms with van der Waals surface area (Å²) in [6.07, 6.45) is 2.09. The summed E-state index contributed by atoms with van der Waals surface area (Å²) >= 11 is 1.35. The van der Waals surface area contributed by atoms with Crippen molar-refractivity contribution in [1.82, 2.24) is 14.8 Å². The summed E-state index contributed by atoms with van der Waals surface area (Å²) in [5, 5.41) is 18.1. The van der Waals surface area contributed by atoms with Crippen LogP contribution in [0.15, 0.2) is 65.0 Å². The Balaban J connectivity index is 1.51. The van der Waals surface area contributed by atoms with E-state index in [4.69, 9.17) is 0 Å². The second-order valence-electron chi connectivity index (χ2n) is 7.33. The van der Waals surface area contributed by atoms with Crippen LogP contribution in [0.3, 0.4) is 0 Å². The fourth-order valence-corrected chi connectivity index (χ4v) is 4.74. The second-order valence-corrected chi connectivity index (χ2v) is 8.27. The van der Waals surface area contributed by atoms with Crippen LogP contribution in [0.2, 0.25) is 0 Å². The number of Topliss-reactive ketones (excluding diaryl/α,β-unsaturated/α-hetero) is 1. The summed E-state index contributed by atoms with van der Waals surface area (Å²) < 4.78 is 15.7. The zero-order chi connectivity index (χ0) is 20.7. The van der Waals surface area contributed by atoms with Gasteiger partial charge in [-0.15, -0.1) is 5.10 Å². The van der Waals surface area contributed by atoms with Crippen LogP contribution >= 0.6 is 11.8 Å². The molecule has 2 N–H and O–H groups in total. The van der Waals surface area contributed by atoms with Crippen molar-refractivity contribution in [3.63, 3.8) is 0 Å². The van der Waals surface area contributed by atoms with Gasteiger partial charge in [0.05, 0.1) is 0 Å². The molecule has 0 saturated carbocycles. The number of carbonyl (C=O) groups excluding carboxylic acids is 1. The molecule has 1 atom stereocenters. The number of carbonyl (C=O) groups is 1. The second kappa shape index (κ2) is 7.60. The van der Waals surface area contributed by atoms with E-state index in [9.17, 15) is 14.3 Å². The van der Waals surface area contributed by atoms with Crippen LogP contribution in [0.25, 0.3) is 0 Å². The summed E-state index contributed by atoms with van der Waals surface area (Å²) in [6, 6.07) is 13.1. The minimum absolute atomic E-state index is 0.100. The van der Waals surface area contributed by atoms with Crippen molar-refractivity contribution in [3.8, 4) is 5.75 Å². The SMILES string of the molecule is O=C1CCCC2=C1C(c1ccc(O)cc1)n1nc(SCc3ccccc3F)nc1N2. The van der Waals surface area contributed by atoms with E-state index in [1.165, 1.54) is 17.8 Å². The molecule has 0 amide bonds.